The van der Waals surface area contributed by atoms with E-state index in [0.717, 1.165) is 72.9 Å². The molecule has 0 atom stereocenters. The number of nitrogens with one attached hydrogen (secondary N) is 1. The molecule has 2 aliphatic heterocycles. The van der Waals surface area contributed by atoms with Gasteiger partial charge in [-0.05, 0) is 62.7 Å². The van der Waals surface area contributed by atoms with Gasteiger partial charge in [0.25, 0.3) is 5.91 Å². The number of carbonyl (C=O) groups excluding carboxylic acids is 2. The Morgan fingerprint density at radius 3 is 2.74 bits per heavy atom. The molecule has 1 aliphatic carbocycles. The number of imidazole rings is 1. The number of rotatable bonds is 6. The van der Waals surface area contributed by atoms with Crippen LogP contribution in [0.2, 0.25) is 0 Å². The summed E-state index contributed by atoms with van der Waals surface area (Å²) in [5.74, 6) is 1.36. The summed E-state index contributed by atoms with van der Waals surface area (Å²) in [6.07, 6.45) is 12.6. The molecule has 1 saturated carbocycles. The Morgan fingerprint density at radius 1 is 1.13 bits per heavy atom. The number of aromatic nitrogens is 2. The molecule has 3 aliphatic rings. The predicted octanol–water partition coefficient (Wildman–Crippen LogP) is 4.11. The molecular weight excluding hydrogens is 408 g/mol. The van der Waals surface area contributed by atoms with E-state index in [-0.39, 0.29) is 5.91 Å². The van der Waals surface area contributed by atoms with Gasteiger partial charge in [-0.1, -0.05) is 30.7 Å². The topological polar surface area (TPSA) is 66.7 Å². The van der Waals surface area contributed by atoms with Crippen molar-refractivity contribution in [2.75, 3.05) is 19.6 Å². The Balaban J connectivity index is 1.04. The van der Waals surface area contributed by atoms with Gasteiger partial charge in [-0.2, -0.15) is 0 Å². The number of piperidine rings is 1. The first-order valence-corrected chi connectivity index (χ1v) is 12.4. The molecule has 2 amide bonds. The zero-order valence-corrected chi connectivity index (χ0v) is 18.7. The van der Waals surface area contributed by atoms with Gasteiger partial charge in [0.1, 0.15) is 5.65 Å². The van der Waals surface area contributed by atoms with Crippen LogP contribution in [-0.2, 0) is 9.59 Å². The van der Waals surface area contributed by atoms with E-state index in [2.05, 4.69) is 19.6 Å². The van der Waals surface area contributed by atoms with E-state index in [1.54, 1.807) is 0 Å². The molecule has 5 rings (SSSR count). The summed E-state index contributed by atoms with van der Waals surface area (Å²) in [5, 5.41) is 4.11. The lowest BCUT2D eigenvalue weighted by Gasteiger charge is -2.33. The number of hydrogen-bond acceptors (Lipinski definition) is 4. The smallest absolute Gasteiger partial charge is 0.258 e. The molecule has 6 nitrogen and oxygen atoms in total. The average molecular weight is 439 g/mol. The van der Waals surface area contributed by atoms with Crippen LogP contribution < -0.4 is 5.32 Å². The highest BCUT2D eigenvalue weighted by Crippen LogP contribution is 2.34. The fourth-order valence-electron chi connectivity index (χ4n) is 5.15. The van der Waals surface area contributed by atoms with E-state index in [0.29, 0.717) is 24.3 Å². The zero-order valence-electron chi connectivity index (χ0n) is 17.9. The summed E-state index contributed by atoms with van der Waals surface area (Å²) < 4.78 is 2.07. The molecule has 0 spiro atoms. The number of thioether (sulfide) groups is 1. The van der Waals surface area contributed by atoms with Crippen molar-refractivity contribution in [3.05, 3.63) is 35.0 Å². The summed E-state index contributed by atoms with van der Waals surface area (Å²) in [5.41, 5.74) is 1.86. The van der Waals surface area contributed by atoms with Crippen molar-refractivity contribution < 1.29 is 9.59 Å². The summed E-state index contributed by atoms with van der Waals surface area (Å²) in [7, 11) is 0. The van der Waals surface area contributed by atoms with E-state index >= 15 is 0 Å². The van der Waals surface area contributed by atoms with Gasteiger partial charge >= 0.3 is 0 Å². The third-order valence-corrected chi connectivity index (χ3v) is 7.99. The maximum absolute atomic E-state index is 12.7. The third kappa shape index (κ3) is 4.38. The molecule has 2 fully saturated rings. The second-order valence-corrected chi connectivity index (χ2v) is 10.1. The first kappa shape index (κ1) is 20.6. The SMILES string of the molecule is O=C(NCCCC1CCN(C(=O)C2CCCC2)CC1)C1=Cc2cnc3cccc(n23)S1. The van der Waals surface area contributed by atoms with E-state index < -0.39 is 0 Å². The lowest BCUT2D eigenvalue weighted by molar-refractivity contribution is -0.136. The zero-order chi connectivity index (χ0) is 21.2. The molecule has 0 bridgehead atoms. The van der Waals surface area contributed by atoms with E-state index in [9.17, 15) is 9.59 Å². The van der Waals surface area contributed by atoms with Crippen LogP contribution in [0.25, 0.3) is 11.7 Å². The number of hydrogen-bond donors (Lipinski definition) is 1. The predicted molar refractivity (Wildman–Crippen MR) is 123 cm³/mol. The Labute approximate surface area is 187 Å². The maximum Gasteiger partial charge on any atom is 0.258 e. The van der Waals surface area contributed by atoms with Crippen molar-refractivity contribution in [3.63, 3.8) is 0 Å². The van der Waals surface area contributed by atoms with E-state index in [1.807, 2.05) is 30.5 Å². The molecule has 2 aromatic rings. The molecule has 2 aromatic heterocycles. The van der Waals surface area contributed by atoms with Gasteiger partial charge in [0.05, 0.1) is 21.8 Å². The largest absolute Gasteiger partial charge is 0.352 e. The van der Waals surface area contributed by atoms with Gasteiger partial charge in [0.15, 0.2) is 0 Å². The molecule has 4 heterocycles. The highest BCUT2D eigenvalue weighted by molar-refractivity contribution is 8.04. The van der Waals surface area contributed by atoms with Crippen molar-refractivity contribution in [2.24, 2.45) is 11.8 Å². The molecule has 0 radical (unpaired) electrons. The average Bonchev–Trinajstić information content (AvgIpc) is 3.48. The highest BCUT2D eigenvalue weighted by atomic mass is 32.2. The van der Waals surface area contributed by atoms with Crippen molar-refractivity contribution in [1.29, 1.82) is 0 Å². The lowest BCUT2D eigenvalue weighted by Crippen LogP contribution is -2.41. The first-order chi connectivity index (χ1) is 15.2. The van der Waals surface area contributed by atoms with Crippen molar-refractivity contribution in [1.82, 2.24) is 19.6 Å². The van der Waals surface area contributed by atoms with Crippen LogP contribution in [0.1, 0.15) is 57.1 Å². The highest BCUT2D eigenvalue weighted by Gasteiger charge is 2.29. The molecule has 31 heavy (non-hydrogen) atoms. The standard InChI is InChI=1S/C24H30N4O2S/c29-23(20-15-19-16-26-21-8-3-9-22(31-20)28(19)21)25-12-4-5-17-10-13-27(14-11-17)24(30)18-6-1-2-7-18/h3,8-9,15-18H,1-2,4-7,10-14H2,(H,25,29). The van der Waals surface area contributed by atoms with E-state index in [1.165, 1.54) is 24.6 Å². The summed E-state index contributed by atoms with van der Waals surface area (Å²) in [6.45, 7) is 2.52. The van der Waals surface area contributed by atoms with Crippen LogP contribution in [0.4, 0.5) is 0 Å². The lowest BCUT2D eigenvalue weighted by atomic mass is 9.91. The molecule has 1 saturated heterocycles. The molecule has 1 N–H and O–H groups in total. The fourth-order valence-corrected chi connectivity index (χ4v) is 6.16. The van der Waals surface area contributed by atoms with Crippen molar-refractivity contribution in [2.45, 2.75) is 56.4 Å². The minimum atomic E-state index is -0.00793. The molecule has 164 valence electrons. The van der Waals surface area contributed by atoms with Gasteiger partial charge in [-0.3, -0.25) is 14.0 Å². The Kier molecular flexibility index (Phi) is 6.03. The Hall–Kier alpha value is -2.28. The second kappa shape index (κ2) is 9.07. The van der Waals surface area contributed by atoms with Crippen LogP contribution in [0.15, 0.2) is 34.3 Å². The summed E-state index contributed by atoms with van der Waals surface area (Å²) in [6, 6.07) is 5.97. The quantitative estimate of drug-likeness (QED) is 0.690. The number of carbonyl (C=O) groups is 2. The van der Waals surface area contributed by atoms with Gasteiger partial charge in [0.2, 0.25) is 5.91 Å². The molecule has 0 unspecified atom stereocenters. The van der Waals surface area contributed by atoms with Crippen LogP contribution >= 0.6 is 11.8 Å². The Bertz CT molecular complexity index is 1000. The van der Waals surface area contributed by atoms with Crippen LogP contribution in [-0.4, -0.2) is 45.7 Å². The minimum absolute atomic E-state index is 0.00793. The third-order valence-electron chi connectivity index (χ3n) is 6.94. The Morgan fingerprint density at radius 2 is 1.94 bits per heavy atom. The minimum Gasteiger partial charge on any atom is -0.352 e. The first-order valence-electron chi connectivity index (χ1n) is 11.6. The monoisotopic (exact) mass is 438 g/mol. The maximum atomic E-state index is 12.7. The van der Waals surface area contributed by atoms with Crippen molar-refractivity contribution >= 4 is 35.3 Å². The molecule has 7 heteroatoms. The van der Waals surface area contributed by atoms with Crippen LogP contribution in [0.5, 0.6) is 0 Å². The van der Waals surface area contributed by atoms with Gasteiger partial charge < -0.3 is 10.2 Å². The molecular formula is C24H30N4O2S. The van der Waals surface area contributed by atoms with Crippen LogP contribution in [0.3, 0.4) is 0 Å². The normalized spacial score (nSPS) is 19.6. The molecule has 0 aromatic carbocycles. The summed E-state index contributed by atoms with van der Waals surface area (Å²) in [4.78, 5) is 32.5. The fraction of sp³-hybridized carbons (Fsp3) is 0.542. The van der Waals surface area contributed by atoms with Gasteiger partial charge in [-0.15, -0.1) is 0 Å². The van der Waals surface area contributed by atoms with E-state index in [4.69, 9.17) is 0 Å². The number of pyridine rings is 1. The number of nitrogens with zero attached hydrogens (tertiary/aromatic N) is 3. The van der Waals surface area contributed by atoms with Crippen molar-refractivity contribution in [3.8, 4) is 0 Å². The van der Waals surface area contributed by atoms with Gasteiger partial charge in [-0.25, -0.2) is 4.98 Å². The second-order valence-electron chi connectivity index (χ2n) is 9.00. The van der Waals surface area contributed by atoms with Gasteiger partial charge in [0, 0.05) is 25.6 Å². The van der Waals surface area contributed by atoms with Crippen LogP contribution in [0, 0.1) is 11.8 Å². The summed E-state index contributed by atoms with van der Waals surface area (Å²) >= 11 is 1.50. The number of likely N-dealkylation sites (tertiary alicyclic amines) is 1. The number of amides is 2.